The van der Waals surface area contributed by atoms with E-state index in [9.17, 15) is 4.79 Å². The van der Waals surface area contributed by atoms with Crippen LogP contribution in [0.5, 0.6) is 0 Å². The second kappa shape index (κ2) is 4.28. The number of cyclic esters (lactones) is 1. The maximum Gasteiger partial charge on any atom is 0.305 e. The minimum Gasteiger partial charge on any atom is -0.465 e. The normalized spacial score (nSPS) is 37.5. The maximum atomic E-state index is 11.0. The molecule has 2 heterocycles. The molecule has 0 bridgehead atoms. The van der Waals surface area contributed by atoms with Crippen molar-refractivity contribution in [3.8, 4) is 0 Å². The molecule has 0 spiro atoms. The highest BCUT2D eigenvalue weighted by Crippen LogP contribution is 2.32. The highest BCUT2D eigenvalue weighted by Gasteiger charge is 2.38. The van der Waals surface area contributed by atoms with Crippen molar-refractivity contribution in [3.05, 3.63) is 0 Å². The van der Waals surface area contributed by atoms with Crippen LogP contribution in [-0.2, 0) is 19.0 Å². The van der Waals surface area contributed by atoms with E-state index in [1.165, 1.54) is 0 Å². The highest BCUT2D eigenvalue weighted by molar-refractivity contribution is 5.69. The first-order valence-corrected chi connectivity index (χ1v) is 5.22. The van der Waals surface area contributed by atoms with E-state index in [1.807, 2.05) is 6.92 Å². The van der Waals surface area contributed by atoms with E-state index in [0.717, 1.165) is 12.8 Å². The van der Waals surface area contributed by atoms with Crippen LogP contribution in [0.3, 0.4) is 0 Å². The van der Waals surface area contributed by atoms with Crippen LogP contribution in [0.15, 0.2) is 0 Å². The summed E-state index contributed by atoms with van der Waals surface area (Å²) in [5.41, 5.74) is 0. The lowest BCUT2D eigenvalue weighted by Gasteiger charge is -2.12. The molecule has 2 aliphatic rings. The minimum absolute atomic E-state index is 0.0909. The van der Waals surface area contributed by atoms with Crippen molar-refractivity contribution in [1.29, 1.82) is 0 Å². The Morgan fingerprint density at radius 2 is 2.43 bits per heavy atom. The monoisotopic (exact) mass is 200 g/mol. The average molecular weight is 200 g/mol. The van der Waals surface area contributed by atoms with Gasteiger partial charge in [0.25, 0.3) is 0 Å². The van der Waals surface area contributed by atoms with Crippen molar-refractivity contribution in [2.24, 2.45) is 5.92 Å². The van der Waals surface area contributed by atoms with Crippen molar-refractivity contribution < 1.29 is 19.0 Å². The molecule has 0 radical (unpaired) electrons. The molecule has 0 aromatic heterocycles. The number of hydrogen-bond donors (Lipinski definition) is 0. The number of rotatable bonds is 2. The van der Waals surface area contributed by atoms with Crippen molar-refractivity contribution in [3.63, 3.8) is 0 Å². The van der Waals surface area contributed by atoms with Crippen LogP contribution in [-0.4, -0.2) is 31.6 Å². The van der Waals surface area contributed by atoms with Crippen molar-refractivity contribution in [1.82, 2.24) is 0 Å². The van der Waals surface area contributed by atoms with Gasteiger partial charge in [-0.05, 0) is 13.3 Å². The molecule has 2 fully saturated rings. The summed E-state index contributed by atoms with van der Waals surface area (Å²) in [4.78, 5) is 11.0. The van der Waals surface area contributed by atoms with Gasteiger partial charge in [0.1, 0.15) is 0 Å². The third-order valence-corrected chi connectivity index (χ3v) is 2.79. The summed E-state index contributed by atoms with van der Waals surface area (Å²) in [5, 5.41) is 0. The zero-order valence-electron chi connectivity index (χ0n) is 8.40. The Hall–Kier alpha value is -0.610. The fourth-order valence-electron chi connectivity index (χ4n) is 2.07. The van der Waals surface area contributed by atoms with Gasteiger partial charge in [-0.1, -0.05) is 0 Å². The maximum absolute atomic E-state index is 11.0. The topological polar surface area (TPSA) is 44.8 Å². The largest absolute Gasteiger partial charge is 0.465 e. The molecule has 1 unspecified atom stereocenters. The summed E-state index contributed by atoms with van der Waals surface area (Å²) in [6.45, 7) is 3.12. The van der Waals surface area contributed by atoms with Gasteiger partial charge in [-0.25, -0.2) is 0 Å². The van der Waals surface area contributed by atoms with E-state index in [0.29, 0.717) is 25.6 Å². The molecule has 4 heteroatoms. The average Bonchev–Trinajstić information content (AvgIpc) is 2.47. The summed E-state index contributed by atoms with van der Waals surface area (Å²) >= 11 is 0. The summed E-state index contributed by atoms with van der Waals surface area (Å²) in [6.07, 6.45) is 2.16. The van der Waals surface area contributed by atoms with Crippen LogP contribution in [0.1, 0.15) is 26.2 Å². The molecule has 0 aromatic carbocycles. The summed E-state index contributed by atoms with van der Waals surface area (Å²) < 4.78 is 16.1. The summed E-state index contributed by atoms with van der Waals surface area (Å²) in [6, 6.07) is 0. The van der Waals surface area contributed by atoms with E-state index >= 15 is 0 Å². The van der Waals surface area contributed by atoms with E-state index in [2.05, 4.69) is 0 Å². The molecule has 2 saturated heterocycles. The molecular weight excluding hydrogens is 184 g/mol. The Morgan fingerprint density at radius 1 is 1.57 bits per heavy atom. The van der Waals surface area contributed by atoms with E-state index < -0.39 is 0 Å². The molecule has 14 heavy (non-hydrogen) atoms. The summed E-state index contributed by atoms with van der Waals surface area (Å²) in [5.74, 6) is 0.231. The van der Waals surface area contributed by atoms with Crippen LogP contribution in [0.25, 0.3) is 0 Å². The molecular formula is C10H16O4. The van der Waals surface area contributed by atoms with Gasteiger partial charge in [0.05, 0.1) is 12.7 Å². The van der Waals surface area contributed by atoms with Gasteiger partial charge in [0.2, 0.25) is 0 Å². The number of fused-ring (bicyclic) bond motifs is 1. The molecule has 3 atom stereocenters. The number of esters is 1. The second-order valence-corrected chi connectivity index (χ2v) is 3.78. The third kappa shape index (κ3) is 2.07. The van der Waals surface area contributed by atoms with Crippen molar-refractivity contribution in [2.45, 2.75) is 38.6 Å². The van der Waals surface area contributed by atoms with Gasteiger partial charge >= 0.3 is 5.97 Å². The standard InChI is InChI=1S/C10H16O4/c1-2-12-10-5-7-6-13-9(11)4-3-8(7)14-10/h7-8,10H,2-6H2,1H3/t7-,8+,10?/m0/s1. The minimum atomic E-state index is -0.101. The molecule has 0 amide bonds. The molecule has 2 rings (SSSR count). The molecule has 0 aromatic rings. The van der Waals surface area contributed by atoms with Crippen molar-refractivity contribution >= 4 is 5.97 Å². The van der Waals surface area contributed by atoms with Gasteiger partial charge in [-0.2, -0.15) is 0 Å². The van der Waals surface area contributed by atoms with E-state index in [1.54, 1.807) is 0 Å². The van der Waals surface area contributed by atoms with Crippen LogP contribution < -0.4 is 0 Å². The number of carbonyl (C=O) groups excluding carboxylic acids is 1. The predicted molar refractivity (Wildman–Crippen MR) is 48.6 cm³/mol. The van der Waals surface area contributed by atoms with Crippen LogP contribution in [0.2, 0.25) is 0 Å². The van der Waals surface area contributed by atoms with Gasteiger partial charge < -0.3 is 14.2 Å². The molecule has 0 aliphatic carbocycles. The molecule has 2 aliphatic heterocycles. The quantitative estimate of drug-likeness (QED) is 0.626. The Kier molecular flexibility index (Phi) is 3.03. The van der Waals surface area contributed by atoms with Crippen LogP contribution in [0.4, 0.5) is 0 Å². The zero-order chi connectivity index (χ0) is 9.97. The number of ether oxygens (including phenoxy) is 3. The molecule has 80 valence electrons. The lowest BCUT2D eigenvalue weighted by Crippen LogP contribution is -2.17. The molecule has 4 nitrogen and oxygen atoms in total. The fourth-order valence-corrected chi connectivity index (χ4v) is 2.07. The number of hydrogen-bond acceptors (Lipinski definition) is 4. The lowest BCUT2D eigenvalue weighted by molar-refractivity contribution is -0.145. The molecule has 0 N–H and O–H groups in total. The first-order chi connectivity index (χ1) is 6.79. The third-order valence-electron chi connectivity index (χ3n) is 2.79. The summed E-state index contributed by atoms with van der Waals surface area (Å²) in [7, 11) is 0. The first kappa shape index (κ1) is 9.93. The Morgan fingerprint density at radius 3 is 3.21 bits per heavy atom. The first-order valence-electron chi connectivity index (χ1n) is 5.22. The van der Waals surface area contributed by atoms with Crippen molar-refractivity contribution in [2.75, 3.05) is 13.2 Å². The second-order valence-electron chi connectivity index (χ2n) is 3.78. The Bertz CT molecular complexity index is 198. The van der Waals surface area contributed by atoms with Crippen LogP contribution >= 0.6 is 0 Å². The smallest absolute Gasteiger partial charge is 0.305 e. The van der Waals surface area contributed by atoms with Gasteiger partial charge in [0, 0.05) is 25.4 Å². The fraction of sp³-hybridized carbons (Fsp3) is 0.900. The Labute approximate surface area is 83.5 Å². The zero-order valence-corrected chi connectivity index (χ0v) is 8.40. The Balaban J connectivity index is 1.90. The SMILES string of the molecule is CCOC1C[C@H]2COC(=O)CC[C@H]2O1. The molecule has 0 saturated carbocycles. The van der Waals surface area contributed by atoms with Crippen LogP contribution in [0, 0.1) is 5.92 Å². The van der Waals surface area contributed by atoms with E-state index in [4.69, 9.17) is 14.2 Å². The van der Waals surface area contributed by atoms with Gasteiger partial charge in [0.15, 0.2) is 6.29 Å². The highest BCUT2D eigenvalue weighted by atomic mass is 16.7. The lowest BCUT2D eigenvalue weighted by atomic mass is 10.00. The number of carbonyl (C=O) groups is 1. The van der Waals surface area contributed by atoms with Gasteiger partial charge in [-0.15, -0.1) is 0 Å². The predicted octanol–water partition coefficient (Wildman–Crippen LogP) is 1.09. The van der Waals surface area contributed by atoms with Gasteiger partial charge in [-0.3, -0.25) is 4.79 Å². The van der Waals surface area contributed by atoms with E-state index in [-0.39, 0.29) is 18.4 Å².